The van der Waals surface area contributed by atoms with E-state index in [1.807, 2.05) is 31.2 Å². The molecule has 1 aromatic carbocycles. The number of benzene rings is 1. The van der Waals surface area contributed by atoms with Crippen LogP contribution in [0.2, 0.25) is 0 Å². The van der Waals surface area contributed by atoms with E-state index in [1.54, 1.807) is 11.6 Å². The maximum atomic E-state index is 12.3. The minimum atomic E-state index is -3.26. The van der Waals surface area contributed by atoms with Gasteiger partial charge in [0.25, 0.3) is 0 Å². The molecule has 1 aliphatic heterocycles. The number of sulfone groups is 1. The average Bonchev–Trinajstić information content (AvgIpc) is 3.06. The van der Waals surface area contributed by atoms with Crippen LogP contribution in [0.25, 0.3) is 5.69 Å². The number of rotatable bonds is 6. The zero-order valence-electron chi connectivity index (χ0n) is 15.2. The molecule has 0 fully saturated rings. The van der Waals surface area contributed by atoms with E-state index < -0.39 is 21.7 Å². The van der Waals surface area contributed by atoms with Crippen LogP contribution >= 0.6 is 0 Å². The molecule has 144 valence electrons. The van der Waals surface area contributed by atoms with Crippen LogP contribution in [0.5, 0.6) is 0 Å². The summed E-state index contributed by atoms with van der Waals surface area (Å²) in [6.45, 7) is 3.89. The van der Waals surface area contributed by atoms with Gasteiger partial charge in [-0.3, -0.25) is 9.59 Å². The number of ether oxygens (including phenoxy) is 1. The van der Waals surface area contributed by atoms with Gasteiger partial charge in [0.2, 0.25) is 5.91 Å². The lowest BCUT2D eigenvalue weighted by Gasteiger charge is -2.11. The van der Waals surface area contributed by atoms with Crippen molar-refractivity contribution in [3.05, 3.63) is 41.1 Å². The number of hydrogen-bond acceptors (Lipinski definition) is 6. The standard InChI is InChI=1S/C18H21N3O5S/c1-3-26-17(23)8-7-16(22)19-18-14-10-27(24,25)11-15(14)20-21(18)13-6-4-5-12(2)9-13/h4-6,9H,3,7-8,10-11H2,1-2H3,(H,19,22). The Labute approximate surface area is 157 Å². The molecule has 27 heavy (non-hydrogen) atoms. The van der Waals surface area contributed by atoms with Crippen LogP contribution in [0.1, 0.15) is 36.6 Å². The highest BCUT2D eigenvalue weighted by Crippen LogP contribution is 2.33. The third-order valence-corrected chi connectivity index (χ3v) is 5.59. The number of anilines is 1. The summed E-state index contributed by atoms with van der Waals surface area (Å²) in [5.41, 5.74) is 2.68. The van der Waals surface area contributed by atoms with E-state index in [2.05, 4.69) is 10.4 Å². The van der Waals surface area contributed by atoms with Crippen molar-refractivity contribution < 1.29 is 22.7 Å². The number of amides is 1. The first-order valence-corrected chi connectivity index (χ1v) is 10.4. The largest absolute Gasteiger partial charge is 0.466 e. The first-order chi connectivity index (χ1) is 12.8. The molecule has 0 aliphatic carbocycles. The molecule has 2 aromatic rings. The van der Waals surface area contributed by atoms with E-state index in [9.17, 15) is 18.0 Å². The Morgan fingerprint density at radius 1 is 1.26 bits per heavy atom. The van der Waals surface area contributed by atoms with Crippen molar-refractivity contribution in [1.82, 2.24) is 9.78 Å². The molecular formula is C18H21N3O5S. The molecule has 1 N–H and O–H groups in total. The van der Waals surface area contributed by atoms with Crippen LogP contribution in [0.4, 0.5) is 5.82 Å². The number of hydrogen-bond donors (Lipinski definition) is 1. The summed E-state index contributed by atoms with van der Waals surface area (Å²) >= 11 is 0. The van der Waals surface area contributed by atoms with E-state index >= 15 is 0 Å². The quantitative estimate of drug-likeness (QED) is 0.754. The Morgan fingerprint density at radius 2 is 2.04 bits per heavy atom. The molecule has 0 atom stereocenters. The van der Waals surface area contributed by atoms with Gasteiger partial charge in [-0.15, -0.1) is 0 Å². The van der Waals surface area contributed by atoms with Crippen molar-refractivity contribution in [3.8, 4) is 5.69 Å². The summed E-state index contributed by atoms with van der Waals surface area (Å²) < 4.78 is 30.3. The van der Waals surface area contributed by atoms with Crippen molar-refractivity contribution in [3.63, 3.8) is 0 Å². The van der Waals surface area contributed by atoms with Crippen LogP contribution in [-0.4, -0.2) is 36.7 Å². The number of esters is 1. The summed E-state index contributed by atoms with van der Waals surface area (Å²) in [4.78, 5) is 23.8. The summed E-state index contributed by atoms with van der Waals surface area (Å²) in [5.74, 6) is -0.823. The zero-order valence-corrected chi connectivity index (χ0v) is 16.0. The summed E-state index contributed by atoms with van der Waals surface area (Å²) in [6, 6.07) is 7.52. The maximum absolute atomic E-state index is 12.3. The topological polar surface area (TPSA) is 107 Å². The Balaban J connectivity index is 1.88. The van der Waals surface area contributed by atoms with Gasteiger partial charge in [-0.05, 0) is 31.5 Å². The van der Waals surface area contributed by atoms with E-state index in [0.717, 1.165) is 11.3 Å². The maximum Gasteiger partial charge on any atom is 0.306 e. The molecular weight excluding hydrogens is 370 g/mol. The number of nitrogens with zero attached hydrogens (tertiary/aromatic N) is 2. The molecule has 1 amide bonds. The molecule has 1 aromatic heterocycles. The molecule has 0 spiro atoms. The first-order valence-electron chi connectivity index (χ1n) is 8.63. The smallest absolute Gasteiger partial charge is 0.306 e. The Morgan fingerprint density at radius 3 is 2.74 bits per heavy atom. The van der Waals surface area contributed by atoms with Gasteiger partial charge in [0.1, 0.15) is 5.82 Å². The van der Waals surface area contributed by atoms with E-state index in [1.165, 1.54) is 0 Å². The monoisotopic (exact) mass is 391 g/mol. The van der Waals surface area contributed by atoms with Gasteiger partial charge in [-0.25, -0.2) is 13.1 Å². The molecule has 0 bridgehead atoms. The predicted molar refractivity (Wildman–Crippen MR) is 99.1 cm³/mol. The third-order valence-electron chi connectivity index (χ3n) is 4.15. The normalized spacial score (nSPS) is 14.6. The third kappa shape index (κ3) is 4.36. The Kier molecular flexibility index (Phi) is 5.31. The van der Waals surface area contributed by atoms with Gasteiger partial charge in [0.15, 0.2) is 9.84 Å². The van der Waals surface area contributed by atoms with Gasteiger partial charge in [-0.2, -0.15) is 5.10 Å². The van der Waals surface area contributed by atoms with Crippen molar-refractivity contribution in [1.29, 1.82) is 0 Å². The second-order valence-corrected chi connectivity index (χ2v) is 8.47. The lowest BCUT2D eigenvalue weighted by atomic mass is 10.2. The first kappa shape index (κ1) is 19.1. The van der Waals surface area contributed by atoms with Crippen LogP contribution in [-0.2, 0) is 35.7 Å². The van der Waals surface area contributed by atoms with Gasteiger partial charge >= 0.3 is 5.97 Å². The highest BCUT2D eigenvalue weighted by Gasteiger charge is 2.33. The Bertz CT molecular complexity index is 994. The fourth-order valence-electron chi connectivity index (χ4n) is 2.96. The van der Waals surface area contributed by atoms with Crippen LogP contribution < -0.4 is 5.32 Å². The van der Waals surface area contributed by atoms with Gasteiger partial charge in [0, 0.05) is 12.0 Å². The molecule has 0 unspecified atom stereocenters. The molecule has 0 saturated carbocycles. The zero-order chi connectivity index (χ0) is 19.6. The lowest BCUT2D eigenvalue weighted by molar-refractivity contribution is -0.144. The van der Waals surface area contributed by atoms with Crippen LogP contribution in [0.3, 0.4) is 0 Å². The molecule has 0 saturated heterocycles. The fraction of sp³-hybridized carbons (Fsp3) is 0.389. The molecule has 3 rings (SSSR count). The molecule has 2 heterocycles. The van der Waals surface area contributed by atoms with Crippen molar-refractivity contribution in [2.24, 2.45) is 0 Å². The van der Waals surface area contributed by atoms with Crippen LogP contribution in [0, 0.1) is 6.92 Å². The summed E-state index contributed by atoms with van der Waals surface area (Å²) in [5, 5.41) is 7.14. The van der Waals surface area contributed by atoms with Gasteiger partial charge in [-0.1, -0.05) is 12.1 Å². The number of carbonyl (C=O) groups is 2. The number of aromatic nitrogens is 2. The number of aryl methyl sites for hydroxylation is 1. The SMILES string of the molecule is CCOC(=O)CCC(=O)Nc1c2c(nn1-c1cccc(C)c1)CS(=O)(=O)C2. The fourth-order valence-corrected chi connectivity index (χ4v) is 4.45. The number of carbonyl (C=O) groups excluding carboxylic acids is 2. The second kappa shape index (κ2) is 7.51. The van der Waals surface area contributed by atoms with E-state index in [4.69, 9.17) is 4.74 Å². The highest BCUT2D eigenvalue weighted by molar-refractivity contribution is 7.90. The minimum absolute atomic E-state index is 0.0429. The van der Waals surface area contributed by atoms with E-state index in [-0.39, 0.29) is 31.0 Å². The predicted octanol–water partition coefficient (Wildman–Crippen LogP) is 1.89. The van der Waals surface area contributed by atoms with Crippen molar-refractivity contribution in [2.75, 3.05) is 11.9 Å². The minimum Gasteiger partial charge on any atom is -0.466 e. The van der Waals surface area contributed by atoms with Crippen molar-refractivity contribution >= 4 is 27.5 Å². The summed E-state index contributed by atoms with van der Waals surface area (Å²) in [7, 11) is -3.26. The average molecular weight is 391 g/mol. The van der Waals surface area contributed by atoms with Gasteiger partial charge < -0.3 is 10.1 Å². The molecule has 0 radical (unpaired) electrons. The van der Waals surface area contributed by atoms with Crippen LogP contribution in [0.15, 0.2) is 24.3 Å². The second-order valence-electron chi connectivity index (χ2n) is 6.41. The highest BCUT2D eigenvalue weighted by atomic mass is 32.2. The Hall–Kier alpha value is -2.68. The lowest BCUT2D eigenvalue weighted by Crippen LogP contribution is -2.18. The molecule has 1 aliphatic rings. The number of nitrogens with one attached hydrogen (secondary N) is 1. The number of fused-ring (bicyclic) bond motifs is 1. The molecule has 8 nitrogen and oxygen atoms in total. The van der Waals surface area contributed by atoms with E-state index in [0.29, 0.717) is 17.1 Å². The van der Waals surface area contributed by atoms with Crippen molar-refractivity contribution in [2.45, 2.75) is 38.2 Å². The summed E-state index contributed by atoms with van der Waals surface area (Å²) in [6.07, 6.45) is -0.0991. The molecule has 9 heteroatoms. The van der Waals surface area contributed by atoms with Gasteiger partial charge in [0.05, 0.1) is 35.9 Å².